The third-order valence-electron chi connectivity index (χ3n) is 4.72. The summed E-state index contributed by atoms with van der Waals surface area (Å²) in [5, 5.41) is 7.24. The zero-order chi connectivity index (χ0) is 15.4. The molecule has 2 heterocycles. The molecule has 0 saturated heterocycles. The highest BCUT2D eigenvalue weighted by Gasteiger charge is 2.19. The van der Waals surface area contributed by atoms with Crippen molar-refractivity contribution in [2.75, 3.05) is 0 Å². The van der Waals surface area contributed by atoms with Crippen LogP contribution in [0.25, 0.3) is 37.3 Å². The molecule has 2 heteroatoms. The predicted octanol–water partition coefficient (Wildman–Crippen LogP) is 6.46. The molecular weight excluding hydrogens is 297 g/mol. The van der Waals surface area contributed by atoms with E-state index in [0.717, 1.165) is 0 Å². The molecule has 0 aliphatic heterocycles. The molecule has 1 nitrogen and oxygen atoms in total. The molecule has 0 fully saturated rings. The first-order chi connectivity index (χ1) is 11.4. The number of fused-ring (bicyclic) bond motifs is 5. The largest absolute Gasteiger partial charge is 0.343 e. The molecular formula is C21H16NP. The summed E-state index contributed by atoms with van der Waals surface area (Å²) in [5.74, 6) is 0. The third kappa shape index (κ3) is 1.69. The summed E-state index contributed by atoms with van der Waals surface area (Å²) in [5.41, 5.74) is 2.73. The lowest BCUT2D eigenvalue weighted by molar-refractivity contribution is 1.02. The van der Waals surface area contributed by atoms with E-state index >= 15 is 0 Å². The van der Waals surface area contributed by atoms with Crippen LogP contribution in [0.2, 0.25) is 0 Å². The minimum Gasteiger partial charge on any atom is -0.343 e. The van der Waals surface area contributed by atoms with E-state index in [1.165, 1.54) is 37.3 Å². The molecule has 110 valence electrons. The van der Waals surface area contributed by atoms with Crippen LogP contribution in [0, 0.1) is 0 Å². The summed E-state index contributed by atoms with van der Waals surface area (Å²) < 4.78 is 2.37. The number of para-hydroxylation sites is 1. The van der Waals surface area contributed by atoms with E-state index in [1.54, 1.807) is 0 Å². The van der Waals surface area contributed by atoms with E-state index in [9.17, 15) is 0 Å². The second-order valence-electron chi connectivity index (χ2n) is 5.96. The molecule has 23 heavy (non-hydrogen) atoms. The van der Waals surface area contributed by atoms with Crippen molar-refractivity contribution in [2.45, 2.75) is 0 Å². The SMILES string of the molecule is Cn1c2ccccc2c2c1c1ccccc1p2-c1ccccc1. The van der Waals surface area contributed by atoms with Crippen molar-refractivity contribution >= 4 is 39.6 Å². The maximum absolute atomic E-state index is 2.37. The minimum atomic E-state index is -0.472. The first kappa shape index (κ1) is 13.0. The number of hydrogen-bond donors (Lipinski definition) is 0. The normalized spacial score (nSPS) is 12.5. The van der Waals surface area contributed by atoms with Crippen LogP contribution in [0.5, 0.6) is 0 Å². The van der Waals surface area contributed by atoms with E-state index in [-0.39, 0.29) is 0 Å². The van der Waals surface area contributed by atoms with Gasteiger partial charge in [-0.3, -0.25) is 0 Å². The van der Waals surface area contributed by atoms with Gasteiger partial charge in [0.1, 0.15) is 0 Å². The van der Waals surface area contributed by atoms with Crippen molar-refractivity contribution in [1.82, 2.24) is 4.57 Å². The average Bonchev–Trinajstić information content (AvgIpc) is 3.10. The van der Waals surface area contributed by atoms with Gasteiger partial charge >= 0.3 is 0 Å². The Balaban J connectivity index is 2.12. The molecule has 0 aliphatic carbocycles. The van der Waals surface area contributed by atoms with Gasteiger partial charge in [0.25, 0.3) is 0 Å². The molecule has 0 spiro atoms. The second kappa shape index (κ2) is 4.75. The van der Waals surface area contributed by atoms with Crippen LogP contribution in [0.4, 0.5) is 0 Å². The smallest absolute Gasteiger partial charge is 0.0615 e. The molecule has 0 bridgehead atoms. The van der Waals surface area contributed by atoms with E-state index in [0.29, 0.717) is 0 Å². The lowest BCUT2D eigenvalue weighted by atomic mass is 10.2. The van der Waals surface area contributed by atoms with Crippen LogP contribution in [0.3, 0.4) is 0 Å². The van der Waals surface area contributed by atoms with Gasteiger partial charge in [0.05, 0.1) is 5.52 Å². The highest BCUT2D eigenvalue weighted by atomic mass is 31.1. The zero-order valence-corrected chi connectivity index (χ0v) is 13.8. The molecule has 0 amide bonds. The van der Waals surface area contributed by atoms with Gasteiger partial charge in [-0.2, -0.15) is 0 Å². The van der Waals surface area contributed by atoms with Crippen molar-refractivity contribution in [2.24, 2.45) is 7.05 Å². The molecule has 0 radical (unpaired) electrons. The number of nitrogens with zero attached hydrogens (tertiary/aromatic N) is 1. The maximum Gasteiger partial charge on any atom is 0.0615 e. The van der Waals surface area contributed by atoms with Crippen molar-refractivity contribution in [3.63, 3.8) is 0 Å². The predicted molar refractivity (Wildman–Crippen MR) is 102 cm³/mol. The highest BCUT2D eigenvalue weighted by Crippen LogP contribution is 2.57. The van der Waals surface area contributed by atoms with Crippen LogP contribution in [-0.2, 0) is 7.05 Å². The van der Waals surface area contributed by atoms with E-state index in [2.05, 4.69) is 90.5 Å². The second-order valence-corrected chi connectivity index (χ2v) is 8.08. The van der Waals surface area contributed by atoms with Crippen molar-refractivity contribution in [3.05, 3.63) is 78.9 Å². The molecule has 0 aliphatic rings. The quantitative estimate of drug-likeness (QED) is 0.334. The van der Waals surface area contributed by atoms with Crippen LogP contribution in [0.1, 0.15) is 0 Å². The van der Waals surface area contributed by atoms with Gasteiger partial charge in [-0.1, -0.05) is 74.3 Å². The van der Waals surface area contributed by atoms with Gasteiger partial charge in [0, 0.05) is 33.6 Å². The zero-order valence-electron chi connectivity index (χ0n) is 12.9. The Morgan fingerprint density at radius 3 is 2.17 bits per heavy atom. The number of aromatic nitrogens is 1. The first-order valence-corrected chi connectivity index (χ1v) is 9.22. The summed E-state index contributed by atoms with van der Waals surface area (Å²) in [7, 11) is 1.72. The van der Waals surface area contributed by atoms with Gasteiger partial charge in [0.2, 0.25) is 0 Å². The lowest BCUT2D eigenvalue weighted by Crippen LogP contribution is -1.85. The Bertz CT molecular complexity index is 1160. The van der Waals surface area contributed by atoms with E-state index < -0.39 is 7.53 Å². The van der Waals surface area contributed by atoms with Gasteiger partial charge < -0.3 is 4.57 Å². The third-order valence-corrected chi connectivity index (χ3v) is 7.30. The molecule has 1 unspecified atom stereocenters. The van der Waals surface area contributed by atoms with Gasteiger partial charge in [-0.15, -0.1) is 0 Å². The fourth-order valence-electron chi connectivity index (χ4n) is 3.74. The molecule has 0 N–H and O–H groups in total. The topological polar surface area (TPSA) is 4.93 Å². The van der Waals surface area contributed by atoms with Crippen LogP contribution >= 0.6 is 7.53 Å². The van der Waals surface area contributed by atoms with Crippen LogP contribution < -0.4 is 0 Å². The van der Waals surface area contributed by atoms with Gasteiger partial charge in [-0.05, 0) is 17.4 Å². The van der Waals surface area contributed by atoms with Crippen LogP contribution in [0.15, 0.2) is 78.9 Å². The summed E-state index contributed by atoms with van der Waals surface area (Å²) in [6, 6.07) is 28.7. The van der Waals surface area contributed by atoms with Crippen molar-refractivity contribution in [1.29, 1.82) is 0 Å². The average molecular weight is 313 g/mol. The Kier molecular flexibility index (Phi) is 2.68. The molecule has 3 aromatic carbocycles. The van der Waals surface area contributed by atoms with E-state index in [1.807, 2.05) is 0 Å². The first-order valence-electron chi connectivity index (χ1n) is 7.88. The molecule has 5 aromatic rings. The molecule has 1 atom stereocenters. The summed E-state index contributed by atoms with van der Waals surface area (Å²) in [6.07, 6.45) is 0. The highest BCUT2D eigenvalue weighted by molar-refractivity contribution is 7.68. The number of aryl methyl sites for hydroxylation is 1. The van der Waals surface area contributed by atoms with E-state index in [4.69, 9.17) is 0 Å². The lowest BCUT2D eigenvalue weighted by Gasteiger charge is -2.03. The Morgan fingerprint density at radius 2 is 1.35 bits per heavy atom. The fraction of sp³-hybridized carbons (Fsp3) is 0.0476. The summed E-state index contributed by atoms with van der Waals surface area (Å²) in [4.78, 5) is 0. The summed E-state index contributed by atoms with van der Waals surface area (Å²) in [6.45, 7) is 0. The molecule has 5 rings (SSSR count). The maximum atomic E-state index is 2.37. The monoisotopic (exact) mass is 313 g/mol. The standard InChI is InChI=1S/C21H16NP/c1-22-18-13-7-5-11-16(18)21-20(22)17-12-6-8-14-19(17)23(21)15-9-3-2-4-10-15/h2-14H,1H3. The van der Waals surface area contributed by atoms with Crippen LogP contribution in [-0.4, -0.2) is 4.57 Å². The number of rotatable bonds is 1. The Labute approximate surface area is 135 Å². The molecule has 2 aromatic heterocycles. The fourth-order valence-corrected chi connectivity index (χ4v) is 6.56. The Hall–Kier alpha value is -2.50. The summed E-state index contributed by atoms with van der Waals surface area (Å²) >= 11 is 0. The minimum absolute atomic E-state index is 0.472. The van der Waals surface area contributed by atoms with Gasteiger partial charge in [-0.25, -0.2) is 0 Å². The van der Waals surface area contributed by atoms with Crippen molar-refractivity contribution in [3.8, 4) is 5.30 Å². The molecule has 0 saturated carbocycles. The van der Waals surface area contributed by atoms with Gasteiger partial charge in [0.15, 0.2) is 0 Å². The van der Waals surface area contributed by atoms with Crippen molar-refractivity contribution < 1.29 is 0 Å². The Morgan fingerprint density at radius 1 is 0.696 bits per heavy atom. The number of benzene rings is 3. The number of hydrogen-bond acceptors (Lipinski definition) is 0.